The number of hydrogen-bond donors (Lipinski definition) is 1. The summed E-state index contributed by atoms with van der Waals surface area (Å²) in [5.41, 5.74) is 1.04. The van der Waals surface area contributed by atoms with E-state index in [0.717, 1.165) is 60.8 Å². The highest BCUT2D eigenvalue weighted by Crippen LogP contribution is 2.31. The molecule has 0 spiro atoms. The van der Waals surface area contributed by atoms with E-state index in [0.29, 0.717) is 12.5 Å². The van der Waals surface area contributed by atoms with E-state index in [-0.39, 0.29) is 17.7 Å². The Morgan fingerprint density at radius 2 is 2.15 bits per heavy atom. The van der Waals surface area contributed by atoms with E-state index in [1.807, 2.05) is 22.4 Å². The molecule has 0 bridgehead atoms. The normalized spacial score (nSPS) is 20.2. The van der Waals surface area contributed by atoms with E-state index in [1.54, 1.807) is 11.3 Å². The number of nitrogens with one attached hydrogen (secondary N) is 1. The van der Waals surface area contributed by atoms with E-state index in [1.165, 1.54) is 11.3 Å². The van der Waals surface area contributed by atoms with Crippen LogP contribution in [-0.4, -0.2) is 41.3 Å². The molecule has 0 aromatic carbocycles. The van der Waals surface area contributed by atoms with Gasteiger partial charge in [-0.2, -0.15) is 0 Å². The highest BCUT2D eigenvalue weighted by atomic mass is 32.1. The molecule has 1 saturated heterocycles. The molecular formula is C19H23N3O2S2. The van der Waals surface area contributed by atoms with Gasteiger partial charge in [-0.3, -0.25) is 9.59 Å². The van der Waals surface area contributed by atoms with Gasteiger partial charge in [0.1, 0.15) is 0 Å². The molecule has 1 atom stereocenters. The van der Waals surface area contributed by atoms with Crippen molar-refractivity contribution in [1.82, 2.24) is 15.2 Å². The third kappa shape index (κ3) is 4.15. The summed E-state index contributed by atoms with van der Waals surface area (Å²) in [6.07, 6.45) is 4.96. The average Bonchev–Trinajstić information content (AvgIpc) is 3.18. The van der Waals surface area contributed by atoms with Gasteiger partial charge in [-0.25, -0.2) is 4.98 Å². The van der Waals surface area contributed by atoms with E-state index in [4.69, 9.17) is 4.98 Å². The summed E-state index contributed by atoms with van der Waals surface area (Å²) in [4.78, 5) is 31.8. The average molecular weight is 390 g/mol. The number of rotatable bonds is 6. The molecule has 1 unspecified atom stereocenters. The molecule has 1 aliphatic carbocycles. The minimum Gasteiger partial charge on any atom is -0.355 e. The molecule has 5 nitrogen and oxygen atoms in total. The van der Waals surface area contributed by atoms with Crippen molar-refractivity contribution in [2.24, 2.45) is 5.92 Å². The number of nitrogens with zero attached hydrogens (tertiary/aromatic N) is 2. The molecule has 3 heterocycles. The minimum atomic E-state index is 0.143. The Bertz CT molecular complexity index is 768. The fourth-order valence-corrected chi connectivity index (χ4v) is 5.02. The Morgan fingerprint density at radius 3 is 2.92 bits per heavy atom. The Kier molecular flexibility index (Phi) is 5.36. The Balaban J connectivity index is 1.31. The number of likely N-dealkylation sites (tertiary alicyclic amines) is 1. The van der Waals surface area contributed by atoms with E-state index in [9.17, 15) is 9.59 Å². The lowest BCUT2D eigenvalue weighted by atomic mass is 9.98. The molecule has 2 aromatic heterocycles. The molecule has 1 saturated carbocycles. The molecule has 1 aliphatic heterocycles. The fourth-order valence-electron chi connectivity index (χ4n) is 3.35. The van der Waals surface area contributed by atoms with Gasteiger partial charge in [-0.05, 0) is 37.1 Å². The number of thiophene rings is 1. The van der Waals surface area contributed by atoms with Crippen LogP contribution in [0, 0.1) is 5.92 Å². The van der Waals surface area contributed by atoms with Gasteiger partial charge in [0, 0.05) is 43.3 Å². The maximum absolute atomic E-state index is 12.6. The summed E-state index contributed by atoms with van der Waals surface area (Å²) in [7, 11) is 0. The van der Waals surface area contributed by atoms with Gasteiger partial charge in [-0.15, -0.1) is 22.7 Å². The fraction of sp³-hybridized carbons (Fsp3) is 0.526. The van der Waals surface area contributed by atoms with Crippen molar-refractivity contribution in [2.45, 2.75) is 38.0 Å². The standard InChI is InChI=1S/C19H23N3O2S2/c23-17(13-5-6-13)20-8-7-15-12-26-18(21-15)14-3-1-9-22(11-14)19(24)16-4-2-10-25-16/h2,4,10,12-14H,1,3,5-9,11H2,(H,20,23). The lowest BCUT2D eigenvalue weighted by molar-refractivity contribution is -0.122. The van der Waals surface area contributed by atoms with Crippen LogP contribution < -0.4 is 5.32 Å². The third-order valence-corrected chi connectivity index (χ3v) is 6.90. The summed E-state index contributed by atoms with van der Waals surface area (Å²) >= 11 is 3.19. The van der Waals surface area contributed by atoms with Crippen molar-refractivity contribution in [3.63, 3.8) is 0 Å². The first-order valence-electron chi connectivity index (χ1n) is 9.25. The lowest BCUT2D eigenvalue weighted by Gasteiger charge is -2.31. The largest absolute Gasteiger partial charge is 0.355 e. The number of aromatic nitrogens is 1. The molecule has 1 N–H and O–H groups in total. The van der Waals surface area contributed by atoms with Crippen LogP contribution in [0.2, 0.25) is 0 Å². The molecule has 2 aromatic rings. The second-order valence-electron chi connectivity index (χ2n) is 7.06. The maximum atomic E-state index is 12.6. The second-order valence-corrected chi connectivity index (χ2v) is 8.90. The third-order valence-electron chi connectivity index (χ3n) is 4.99. The molecular weight excluding hydrogens is 366 g/mol. The van der Waals surface area contributed by atoms with Crippen LogP contribution in [0.25, 0.3) is 0 Å². The molecule has 4 rings (SSSR count). The topological polar surface area (TPSA) is 62.3 Å². The lowest BCUT2D eigenvalue weighted by Crippen LogP contribution is -2.38. The van der Waals surface area contributed by atoms with Crippen LogP contribution in [-0.2, 0) is 11.2 Å². The van der Waals surface area contributed by atoms with Gasteiger partial charge in [-0.1, -0.05) is 6.07 Å². The first kappa shape index (κ1) is 17.7. The van der Waals surface area contributed by atoms with Gasteiger partial charge >= 0.3 is 0 Å². The summed E-state index contributed by atoms with van der Waals surface area (Å²) in [6.45, 7) is 2.24. The number of thiazole rings is 1. The minimum absolute atomic E-state index is 0.143. The quantitative estimate of drug-likeness (QED) is 0.825. The number of carbonyl (C=O) groups is 2. The van der Waals surface area contributed by atoms with E-state index < -0.39 is 0 Å². The van der Waals surface area contributed by atoms with Gasteiger partial charge in [0.2, 0.25) is 5.91 Å². The Morgan fingerprint density at radius 1 is 1.27 bits per heavy atom. The van der Waals surface area contributed by atoms with Crippen LogP contribution in [0.4, 0.5) is 0 Å². The zero-order chi connectivity index (χ0) is 17.9. The molecule has 2 amide bonds. The highest BCUT2D eigenvalue weighted by molar-refractivity contribution is 7.12. The van der Waals surface area contributed by atoms with Gasteiger partial charge in [0.25, 0.3) is 5.91 Å². The second kappa shape index (κ2) is 7.88. The zero-order valence-corrected chi connectivity index (χ0v) is 16.3. The number of carbonyl (C=O) groups excluding carboxylic acids is 2. The highest BCUT2D eigenvalue weighted by Gasteiger charge is 2.29. The SMILES string of the molecule is O=C(NCCc1csc(C2CCCN(C(=O)c3cccs3)C2)n1)C1CC1. The molecule has 2 aliphatic rings. The number of piperidine rings is 1. The van der Waals surface area contributed by atoms with Crippen LogP contribution in [0.3, 0.4) is 0 Å². The number of amides is 2. The Labute approximate surface area is 161 Å². The molecule has 0 radical (unpaired) electrons. The maximum Gasteiger partial charge on any atom is 0.263 e. The van der Waals surface area contributed by atoms with Crippen LogP contribution in [0.1, 0.15) is 52.0 Å². The molecule has 26 heavy (non-hydrogen) atoms. The van der Waals surface area contributed by atoms with Crippen LogP contribution in [0.15, 0.2) is 22.9 Å². The molecule has 138 valence electrons. The van der Waals surface area contributed by atoms with Crippen molar-refractivity contribution in [2.75, 3.05) is 19.6 Å². The van der Waals surface area contributed by atoms with Crippen molar-refractivity contribution in [3.8, 4) is 0 Å². The van der Waals surface area contributed by atoms with Crippen molar-refractivity contribution < 1.29 is 9.59 Å². The van der Waals surface area contributed by atoms with Crippen LogP contribution >= 0.6 is 22.7 Å². The smallest absolute Gasteiger partial charge is 0.263 e. The van der Waals surface area contributed by atoms with Gasteiger partial charge in [0.05, 0.1) is 15.6 Å². The van der Waals surface area contributed by atoms with Crippen molar-refractivity contribution in [3.05, 3.63) is 38.5 Å². The van der Waals surface area contributed by atoms with Crippen LogP contribution in [0.5, 0.6) is 0 Å². The monoisotopic (exact) mass is 389 g/mol. The van der Waals surface area contributed by atoms with Crippen molar-refractivity contribution >= 4 is 34.5 Å². The summed E-state index contributed by atoms with van der Waals surface area (Å²) in [5, 5.41) is 8.16. The first-order valence-corrected chi connectivity index (χ1v) is 11.0. The first-order chi connectivity index (χ1) is 12.7. The number of hydrogen-bond acceptors (Lipinski definition) is 5. The Hall–Kier alpha value is -1.73. The van der Waals surface area contributed by atoms with E-state index >= 15 is 0 Å². The van der Waals surface area contributed by atoms with Gasteiger partial charge < -0.3 is 10.2 Å². The summed E-state index contributed by atoms with van der Waals surface area (Å²) < 4.78 is 0. The summed E-state index contributed by atoms with van der Waals surface area (Å²) in [6, 6.07) is 3.82. The summed E-state index contributed by atoms with van der Waals surface area (Å²) in [5.74, 6) is 0.919. The zero-order valence-electron chi connectivity index (χ0n) is 14.6. The van der Waals surface area contributed by atoms with Gasteiger partial charge in [0.15, 0.2) is 0 Å². The van der Waals surface area contributed by atoms with E-state index in [2.05, 4.69) is 10.7 Å². The predicted octanol–water partition coefficient (Wildman–Crippen LogP) is 3.29. The molecule has 2 fully saturated rings. The molecule has 7 heteroatoms. The predicted molar refractivity (Wildman–Crippen MR) is 104 cm³/mol. The van der Waals surface area contributed by atoms with Crippen molar-refractivity contribution in [1.29, 1.82) is 0 Å².